The van der Waals surface area contributed by atoms with Crippen molar-refractivity contribution in [2.24, 2.45) is 5.73 Å². The molecule has 3 aromatic rings. The van der Waals surface area contributed by atoms with Crippen LogP contribution in [0.2, 0.25) is 0 Å². The zero-order valence-corrected chi connectivity index (χ0v) is 13.6. The summed E-state index contributed by atoms with van der Waals surface area (Å²) in [6, 6.07) is 19.8. The van der Waals surface area contributed by atoms with Crippen molar-refractivity contribution in [3.05, 3.63) is 94.5 Å². The zero-order chi connectivity index (χ0) is 17.9. The number of carbonyl (C=O) groups is 2. The van der Waals surface area contributed by atoms with E-state index in [1.165, 1.54) is 6.07 Å². The highest BCUT2D eigenvalue weighted by Gasteiger charge is 2.53. The maximum Gasteiger partial charge on any atom is 0.340 e. The molecule has 5 heteroatoms. The van der Waals surface area contributed by atoms with Gasteiger partial charge in [-0.05, 0) is 24.3 Å². The molecule has 5 rings (SSSR count). The van der Waals surface area contributed by atoms with Crippen LogP contribution >= 0.6 is 0 Å². The number of para-hydroxylation sites is 2. The maximum atomic E-state index is 12.7. The van der Waals surface area contributed by atoms with E-state index in [2.05, 4.69) is 0 Å². The molecule has 3 aromatic carbocycles. The third-order valence-corrected chi connectivity index (χ3v) is 4.90. The van der Waals surface area contributed by atoms with Gasteiger partial charge < -0.3 is 15.2 Å². The quantitative estimate of drug-likeness (QED) is 0.687. The van der Waals surface area contributed by atoms with Gasteiger partial charge in [-0.15, -0.1) is 0 Å². The van der Waals surface area contributed by atoms with E-state index in [4.69, 9.17) is 15.2 Å². The molecule has 2 N–H and O–H groups in total. The molecular weight excluding hydrogens is 330 g/mol. The highest BCUT2D eigenvalue weighted by Crippen LogP contribution is 2.55. The SMILES string of the molecule is NC(=O)c1ccc2c(c1)C(=O)OC21c2ccccc2Oc2ccccc21. The van der Waals surface area contributed by atoms with Crippen LogP contribution in [0, 0.1) is 0 Å². The molecule has 0 radical (unpaired) electrons. The largest absolute Gasteiger partial charge is 0.456 e. The molecule has 126 valence electrons. The molecular formula is C21H13NO4. The van der Waals surface area contributed by atoms with Crippen molar-refractivity contribution < 1.29 is 19.1 Å². The number of hydrogen-bond acceptors (Lipinski definition) is 4. The van der Waals surface area contributed by atoms with E-state index in [0.717, 1.165) is 11.1 Å². The third-order valence-electron chi connectivity index (χ3n) is 4.90. The molecule has 0 saturated heterocycles. The molecule has 0 atom stereocenters. The minimum Gasteiger partial charge on any atom is -0.456 e. The van der Waals surface area contributed by atoms with E-state index < -0.39 is 17.5 Å². The Bertz CT molecular complexity index is 1060. The lowest BCUT2D eigenvalue weighted by atomic mass is 9.77. The van der Waals surface area contributed by atoms with E-state index in [9.17, 15) is 9.59 Å². The number of amides is 1. The second kappa shape index (κ2) is 4.95. The smallest absolute Gasteiger partial charge is 0.340 e. The number of nitrogens with two attached hydrogens (primary N) is 1. The Balaban J connectivity index is 1.87. The number of primary amides is 1. The number of hydrogen-bond donors (Lipinski definition) is 1. The predicted molar refractivity (Wildman–Crippen MR) is 93.2 cm³/mol. The molecule has 0 unspecified atom stereocenters. The number of rotatable bonds is 1. The predicted octanol–water partition coefficient (Wildman–Crippen LogP) is 3.35. The van der Waals surface area contributed by atoms with Gasteiger partial charge in [0.2, 0.25) is 5.91 Å². The van der Waals surface area contributed by atoms with Crippen LogP contribution in [0.1, 0.15) is 37.4 Å². The molecule has 1 amide bonds. The second-order valence-corrected chi connectivity index (χ2v) is 6.29. The van der Waals surface area contributed by atoms with Gasteiger partial charge >= 0.3 is 5.97 Å². The first-order chi connectivity index (χ1) is 12.6. The fraction of sp³-hybridized carbons (Fsp3) is 0.0476. The normalized spacial score (nSPS) is 15.5. The summed E-state index contributed by atoms with van der Waals surface area (Å²) in [7, 11) is 0. The summed E-state index contributed by atoms with van der Waals surface area (Å²) in [6.07, 6.45) is 0. The van der Waals surface area contributed by atoms with Crippen LogP contribution < -0.4 is 10.5 Å². The van der Waals surface area contributed by atoms with Crippen LogP contribution in [0.4, 0.5) is 0 Å². The second-order valence-electron chi connectivity index (χ2n) is 6.29. The van der Waals surface area contributed by atoms with Crippen LogP contribution in [-0.4, -0.2) is 11.9 Å². The van der Waals surface area contributed by atoms with Gasteiger partial charge in [0.25, 0.3) is 0 Å². The van der Waals surface area contributed by atoms with Crippen LogP contribution in [0.5, 0.6) is 11.5 Å². The summed E-state index contributed by atoms with van der Waals surface area (Å²) in [4.78, 5) is 24.2. The topological polar surface area (TPSA) is 78.6 Å². The third kappa shape index (κ3) is 1.74. The van der Waals surface area contributed by atoms with Crippen molar-refractivity contribution in [2.45, 2.75) is 5.60 Å². The van der Waals surface area contributed by atoms with Crippen LogP contribution in [0.25, 0.3) is 0 Å². The van der Waals surface area contributed by atoms with E-state index in [-0.39, 0.29) is 5.56 Å². The fourth-order valence-electron chi connectivity index (χ4n) is 3.78. The van der Waals surface area contributed by atoms with Crippen molar-refractivity contribution >= 4 is 11.9 Å². The average Bonchev–Trinajstić information content (AvgIpc) is 2.95. The van der Waals surface area contributed by atoms with E-state index in [1.807, 2.05) is 48.5 Å². The van der Waals surface area contributed by atoms with Crippen molar-refractivity contribution in [3.8, 4) is 11.5 Å². The Morgan fingerprint density at radius 2 is 1.46 bits per heavy atom. The van der Waals surface area contributed by atoms with Gasteiger partial charge in [-0.25, -0.2) is 4.79 Å². The highest BCUT2D eigenvalue weighted by atomic mass is 16.6. The van der Waals surface area contributed by atoms with Crippen molar-refractivity contribution in [3.63, 3.8) is 0 Å². The first kappa shape index (κ1) is 14.7. The number of carbonyl (C=O) groups excluding carboxylic acids is 2. The lowest BCUT2D eigenvalue weighted by Gasteiger charge is -2.36. The summed E-state index contributed by atoms with van der Waals surface area (Å²) in [6.45, 7) is 0. The number of esters is 1. The minimum absolute atomic E-state index is 0.270. The Morgan fingerprint density at radius 1 is 0.846 bits per heavy atom. The molecule has 0 aromatic heterocycles. The van der Waals surface area contributed by atoms with Gasteiger partial charge in [0, 0.05) is 22.3 Å². The van der Waals surface area contributed by atoms with Gasteiger partial charge in [-0.3, -0.25) is 4.79 Å². The Morgan fingerprint density at radius 3 is 2.08 bits per heavy atom. The van der Waals surface area contributed by atoms with Crippen molar-refractivity contribution in [1.82, 2.24) is 0 Å². The number of benzene rings is 3. The molecule has 0 saturated carbocycles. The van der Waals surface area contributed by atoms with Gasteiger partial charge in [-0.2, -0.15) is 0 Å². The molecule has 2 heterocycles. The van der Waals surface area contributed by atoms with Gasteiger partial charge in [-0.1, -0.05) is 42.5 Å². The summed E-state index contributed by atoms with van der Waals surface area (Å²) in [5.41, 5.74) is 7.04. The van der Waals surface area contributed by atoms with Crippen molar-refractivity contribution in [2.75, 3.05) is 0 Å². The monoisotopic (exact) mass is 343 g/mol. The van der Waals surface area contributed by atoms with Gasteiger partial charge in [0.15, 0.2) is 5.60 Å². The van der Waals surface area contributed by atoms with Crippen LogP contribution in [0.3, 0.4) is 0 Å². The molecule has 0 bridgehead atoms. The molecule has 2 aliphatic rings. The molecule has 0 fully saturated rings. The lowest BCUT2D eigenvalue weighted by Crippen LogP contribution is -2.32. The van der Waals surface area contributed by atoms with Crippen LogP contribution in [0.15, 0.2) is 66.7 Å². The Kier molecular flexibility index (Phi) is 2.80. The van der Waals surface area contributed by atoms with E-state index in [1.54, 1.807) is 12.1 Å². The summed E-state index contributed by atoms with van der Waals surface area (Å²) in [5.74, 6) is 0.181. The van der Waals surface area contributed by atoms with E-state index in [0.29, 0.717) is 22.6 Å². The van der Waals surface area contributed by atoms with Crippen molar-refractivity contribution in [1.29, 1.82) is 0 Å². The van der Waals surface area contributed by atoms with Gasteiger partial charge in [0.05, 0.1) is 5.56 Å². The average molecular weight is 343 g/mol. The number of ether oxygens (including phenoxy) is 2. The summed E-state index contributed by atoms with van der Waals surface area (Å²) < 4.78 is 12.0. The standard InChI is InChI=1S/C21H13NO4/c22-19(23)12-9-10-14-13(11-12)20(24)26-21(14)15-5-1-3-7-17(15)25-18-8-4-2-6-16(18)21/h1-11H,(H2,22,23). The highest BCUT2D eigenvalue weighted by molar-refractivity contribution is 6.01. The maximum absolute atomic E-state index is 12.7. The first-order valence-corrected chi connectivity index (χ1v) is 8.16. The summed E-state index contributed by atoms with van der Waals surface area (Å²) >= 11 is 0. The van der Waals surface area contributed by atoms with Gasteiger partial charge in [0.1, 0.15) is 11.5 Å². The molecule has 5 nitrogen and oxygen atoms in total. The molecule has 0 aliphatic carbocycles. The minimum atomic E-state index is -1.10. The summed E-state index contributed by atoms with van der Waals surface area (Å²) in [5, 5.41) is 0. The fourth-order valence-corrected chi connectivity index (χ4v) is 3.78. The van der Waals surface area contributed by atoms with Crippen LogP contribution in [-0.2, 0) is 10.3 Å². The zero-order valence-electron chi connectivity index (χ0n) is 13.6. The Hall–Kier alpha value is -3.60. The van der Waals surface area contributed by atoms with E-state index >= 15 is 0 Å². The lowest BCUT2D eigenvalue weighted by molar-refractivity contribution is 0.0224. The number of fused-ring (bicyclic) bond motifs is 6. The molecule has 1 spiro atoms. The molecule has 26 heavy (non-hydrogen) atoms. The Labute approximate surface area is 149 Å². The first-order valence-electron chi connectivity index (χ1n) is 8.16. The molecule has 2 aliphatic heterocycles.